The predicted octanol–water partition coefficient (Wildman–Crippen LogP) is 9.40. The summed E-state index contributed by atoms with van der Waals surface area (Å²) in [5.41, 5.74) is 0.537. The molecular formula is C28H68O4. The van der Waals surface area contributed by atoms with Crippen molar-refractivity contribution in [3.63, 3.8) is 0 Å². The molecule has 0 aromatic rings. The number of hydrogen-bond acceptors (Lipinski definition) is 4. The highest BCUT2D eigenvalue weighted by atomic mass is 16.7. The summed E-state index contributed by atoms with van der Waals surface area (Å²) >= 11 is 0. The van der Waals surface area contributed by atoms with Gasteiger partial charge in [-0.05, 0) is 45.4 Å². The first kappa shape index (κ1) is 45.4. The van der Waals surface area contributed by atoms with Gasteiger partial charge in [-0.2, -0.15) is 0 Å². The van der Waals surface area contributed by atoms with Crippen LogP contribution in [0.5, 0.6) is 0 Å². The maximum atomic E-state index is 5.13. The average Bonchev–Trinajstić information content (AvgIpc) is 2.60. The van der Waals surface area contributed by atoms with E-state index in [1.165, 1.54) is 32.1 Å². The predicted molar refractivity (Wildman–Crippen MR) is 148 cm³/mol. The van der Waals surface area contributed by atoms with E-state index < -0.39 is 0 Å². The zero-order valence-electron chi connectivity index (χ0n) is 24.5. The average molecular weight is 469 g/mol. The molecule has 0 N–H and O–H groups in total. The first-order valence-electron chi connectivity index (χ1n) is 12.5. The van der Waals surface area contributed by atoms with E-state index in [2.05, 4.69) is 71.8 Å². The molecule has 0 aliphatic carbocycles. The van der Waals surface area contributed by atoms with Crippen molar-refractivity contribution in [1.82, 2.24) is 0 Å². The van der Waals surface area contributed by atoms with E-state index in [0.717, 1.165) is 5.92 Å². The van der Waals surface area contributed by atoms with Gasteiger partial charge in [0.05, 0.1) is 25.4 Å². The lowest BCUT2D eigenvalue weighted by Crippen LogP contribution is -2.11. The molecule has 0 aliphatic heterocycles. The molecule has 0 atom stereocenters. The van der Waals surface area contributed by atoms with Crippen LogP contribution in [-0.2, 0) is 18.9 Å². The van der Waals surface area contributed by atoms with Crippen LogP contribution >= 0.6 is 0 Å². The van der Waals surface area contributed by atoms with Gasteiger partial charge in [-0.1, -0.05) is 95.4 Å². The standard InChI is InChI=1S/C10H22.C7H16O2.C4H10O2.2C3H8.CH4/c1-9(2)7-6-8-10(3,4)5;1-6(2)8-5-9-7(3)4;1-5-3-4-6-2;2*1-3-2;/h9H,6-8H2,1-5H3;6-7H,5H2,1-4H3;3-4H2,1-2H3;2*3H2,1-2H3;1H4. The third-order valence-electron chi connectivity index (χ3n) is 3.00. The van der Waals surface area contributed by atoms with Crippen molar-refractivity contribution in [2.75, 3.05) is 34.2 Å². The molecule has 4 heteroatoms. The minimum atomic E-state index is 0. The van der Waals surface area contributed by atoms with Crippen molar-refractivity contribution in [3.05, 3.63) is 0 Å². The Kier molecular flexibility index (Phi) is 54.0. The second-order valence-corrected chi connectivity index (χ2v) is 9.80. The van der Waals surface area contributed by atoms with Crippen molar-refractivity contribution < 1.29 is 18.9 Å². The van der Waals surface area contributed by atoms with Gasteiger partial charge in [0.1, 0.15) is 6.79 Å². The van der Waals surface area contributed by atoms with Gasteiger partial charge in [0.2, 0.25) is 0 Å². The maximum Gasteiger partial charge on any atom is 0.147 e. The minimum Gasteiger partial charge on any atom is -0.382 e. The lowest BCUT2D eigenvalue weighted by Gasteiger charge is -2.18. The molecule has 0 fully saturated rings. The second kappa shape index (κ2) is 38.1. The Morgan fingerprint density at radius 2 is 0.969 bits per heavy atom. The van der Waals surface area contributed by atoms with Crippen LogP contribution in [0.4, 0.5) is 0 Å². The highest BCUT2D eigenvalue weighted by molar-refractivity contribution is 4.61. The van der Waals surface area contributed by atoms with E-state index >= 15 is 0 Å². The molecule has 0 aromatic carbocycles. The topological polar surface area (TPSA) is 36.9 Å². The molecule has 0 spiro atoms. The normalized spacial score (nSPS) is 9.94. The molecular weight excluding hydrogens is 400 g/mol. The van der Waals surface area contributed by atoms with Crippen LogP contribution in [0.2, 0.25) is 0 Å². The van der Waals surface area contributed by atoms with Crippen LogP contribution in [0.25, 0.3) is 0 Å². The molecule has 0 radical (unpaired) electrons. The van der Waals surface area contributed by atoms with Crippen LogP contribution in [0.1, 0.15) is 130 Å². The number of methoxy groups -OCH3 is 2. The van der Waals surface area contributed by atoms with Crippen LogP contribution in [-0.4, -0.2) is 46.4 Å². The quantitative estimate of drug-likeness (QED) is 0.236. The lowest BCUT2D eigenvalue weighted by molar-refractivity contribution is -0.0994. The van der Waals surface area contributed by atoms with Gasteiger partial charge < -0.3 is 18.9 Å². The Hall–Kier alpha value is -0.160. The first-order chi connectivity index (χ1) is 14.3. The largest absolute Gasteiger partial charge is 0.382 e. The van der Waals surface area contributed by atoms with E-state index in [9.17, 15) is 0 Å². The molecule has 0 saturated carbocycles. The maximum absolute atomic E-state index is 5.13. The van der Waals surface area contributed by atoms with Crippen LogP contribution in [0.3, 0.4) is 0 Å². The molecule has 204 valence electrons. The highest BCUT2D eigenvalue weighted by Crippen LogP contribution is 2.22. The molecule has 0 aromatic heterocycles. The first-order valence-corrected chi connectivity index (χ1v) is 12.5. The van der Waals surface area contributed by atoms with Gasteiger partial charge in [0.25, 0.3) is 0 Å². The molecule has 0 saturated heterocycles. The monoisotopic (exact) mass is 469 g/mol. The third kappa shape index (κ3) is 98.9. The summed E-state index contributed by atoms with van der Waals surface area (Å²) in [4.78, 5) is 0. The van der Waals surface area contributed by atoms with E-state index in [0.29, 0.717) is 25.4 Å². The van der Waals surface area contributed by atoms with Crippen LogP contribution < -0.4 is 0 Å². The lowest BCUT2D eigenvalue weighted by atomic mass is 9.88. The number of rotatable bonds is 10. The zero-order valence-corrected chi connectivity index (χ0v) is 24.5. The summed E-state index contributed by atoms with van der Waals surface area (Å²) in [6, 6.07) is 0. The smallest absolute Gasteiger partial charge is 0.147 e. The van der Waals surface area contributed by atoms with Gasteiger partial charge >= 0.3 is 0 Å². The Balaban J connectivity index is -0.0000000707. The fourth-order valence-electron chi connectivity index (χ4n) is 1.52. The summed E-state index contributed by atoms with van der Waals surface area (Å²) < 4.78 is 19.6. The Morgan fingerprint density at radius 3 is 1.16 bits per heavy atom. The van der Waals surface area contributed by atoms with E-state index in [1.54, 1.807) is 14.2 Å². The third-order valence-corrected chi connectivity index (χ3v) is 3.00. The van der Waals surface area contributed by atoms with Gasteiger partial charge in [0.15, 0.2) is 0 Å². The van der Waals surface area contributed by atoms with Crippen molar-refractivity contribution in [1.29, 1.82) is 0 Å². The summed E-state index contributed by atoms with van der Waals surface area (Å²) in [5.74, 6) is 0.877. The minimum absolute atomic E-state index is 0. The van der Waals surface area contributed by atoms with E-state index in [-0.39, 0.29) is 19.6 Å². The Morgan fingerprint density at radius 1 is 0.656 bits per heavy atom. The van der Waals surface area contributed by atoms with Gasteiger partial charge in [-0.25, -0.2) is 0 Å². The molecule has 0 amide bonds. The summed E-state index contributed by atoms with van der Waals surface area (Å²) in [7, 11) is 3.30. The molecule has 0 unspecified atom stereocenters. The molecule has 0 bridgehead atoms. The van der Waals surface area contributed by atoms with Crippen LogP contribution in [0.15, 0.2) is 0 Å². The fourth-order valence-corrected chi connectivity index (χ4v) is 1.52. The molecule has 0 heterocycles. The Labute approximate surface area is 206 Å². The summed E-state index contributed by atoms with van der Waals surface area (Å²) in [5, 5.41) is 0. The molecule has 4 nitrogen and oxygen atoms in total. The molecule has 0 rings (SSSR count). The second-order valence-electron chi connectivity index (χ2n) is 9.80. The number of ether oxygens (including phenoxy) is 4. The zero-order chi connectivity index (χ0) is 25.7. The highest BCUT2D eigenvalue weighted by Gasteiger charge is 2.09. The van der Waals surface area contributed by atoms with Gasteiger partial charge in [-0.15, -0.1) is 0 Å². The number of hydrogen-bond donors (Lipinski definition) is 0. The fraction of sp³-hybridized carbons (Fsp3) is 1.00. The van der Waals surface area contributed by atoms with Gasteiger partial charge in [-0.3, -0.25) is 0 Å². The van der Waals surface area contributed by atoms with Crippen molar-refractivity contribution >= 4 is 0 Å². The van der Waals surface area contributed by atoms with Crippen LogP contribution in [0, 0.1) is 11.3 Å². The summed E-state index contributed by atoms with van der Waals surface area (Å²) in [6.07, 6.45) is 7.18. The van der Waals surface area contributed by atoms with E-state index in [4.69, 9.17) is 9.47 Å². The summed E-state index contributed by atoms with van der Waals surface area (Å²) in [6.45, 7) is 29.8. The SMILES string of the molecule is C.CC(C)CCCC(C)(C)C.CC(C)OCOC(C)C.CCC.CCC.COCCOC. The van der Waals surface area contributed by atoms with Crippen molar-refractivity contribution in [2.45, 2.75) is 142 Å². The van der Waals surface area contributed by atoms with E-state index in [1.807, 2.05) is 27.7 Å². The molecule has 0 aliphatic rings. The molecule has 32 heavy (non-hydrogen) atoms. The van der Waals surface area contributed by atoms with Crippen molar-refractivity contribution in [3.8, 4) is 0 Å². The van der Waals surface area contributed by atoms with Crippen molar-refractivity contribution in [2.24, 2.45) is 11.3 Å². The van der Waals surface area contributed by atoms with Gasteiger partial charge in [0, 0.05) is 14.2 Å². The Bertz CT molecular complexity index is 245.